The van der Waals surface area contributed by atoms with Crippen molar-refractivity contribution in [3.8, 4) is 11.3 Å². The lowest BCUT2D eigenvalue weighted by Crippen LogP contribution is -2.48. The van der Waals surface area contributed by atoms with Crippen LogP contribution in [0.3, 0.4) is 0 Å². The van der Waals surface area contributed by atoms with Gasteiger partial charge in [0, 0.05) is 16.5 Å². The SMILES string of the molecule is NCCCCc1c(-c2c(Cl)cccc2Cl)[nH]c2ccc(C34CC5CC(CC(C5)C3)C4)cc12. The molecule has 168 valence electrons. The van der Waals surface area contributed by atoms with E-state index in [0.29, 0.717) is 15.5 Å². The van der Waals surface area contributed by atoms with Crippen LogP contribution in [0.5, 0.6) is 0 Å². The number of H-pyrrole nitrogens is 1. The van der Waals surface area contributed by atoms with Gasteiger partial charge in [0.2, 0.25) is 0 Å². The van der Waals surface area contributed by atoms with Crippen molar-refractivity contribution < 1.29 is 0 Å². The molecule has 0 aliphatic heterocycles. The molecule has 0 atom stereocenters. The minimum Gasteiger partial charge on any atom is -0.354 e. The van der Waals surface area contributed by atoms with E-state index in [1.54, 1.807) is 5.56 Å². The normalized spacial score (nSPS) is 28.7. The fourth-order valence-electron chi connectivity index (χ4n) is 7.70. The lowest BCUT2D eigenvalue weighted by molar-refractivity contribution is -0.00513. The van der Waals surface area contributed by atoms with E-state index < -0.39 is 0 Å². The Bertz CT molecular complexity index is 1110. The lowest BCUT2D eigenvalue weighted by atomic mass is 9.48. The quantitative estimate of drug-likeness (QED) is 0.356. The van der Waals surface area contributed by atoms with Crippen LogP contribution in [0, 0.1) is 17.8 Å². The largest absolute Gasteiger partial charge is 0.354 e. The van der Waals surface area contributed by atoms with Crippen LogP contribution < -0.4 is 5.73 Å². The number of nitrogens with one attached hydrogen (secondary N) is 1. The number of aryl methyl sites for hydroxylation is 1. The van der Waals surface area contributed by atoms with E-state index in [1.165, 1.54) is 55.0 Å². The molecule has 4 aliphatic rings. The number of hydrogen-bond acceptors (Lipinski definition) is 1. The fraction of sp³-hybridized carbons (Fsp3) is 0.500. The summed E-state index contributed by atoms with van der Waals surface area (Å²) in [6.45, 7) is 0.725. The highest BCUT2D eigenvalue weighted by molar-refractivity contribution is 6.39. The number of nitrogens with two attached hydrogens (primary N) is 1. The van der Waals surface area contributed by atoms with Crippen LogP contribution >= 0.6 is 23.2 Å². The topological polar surface area (TPSA) is 41.8 Å². The molecule has 4 saturated carbocycles. The van der Waals surface area contributed by atoms with Crippen molar-refractivity contribution in [1.29, 1.82) is 0 Å². The number of aromatic nitrogens is 1. The molecule has 1 aromatic heterocycles. The minimum absolute atomic E-state index is 0.400. The second-order valence-corrected chi connectivity index (χ2v) is 11.6. The average molecular weight is 467 g/mol. The summed E-state index contributed by atoms with van der Waals surface area (Å²) < 4.78 is 0. The Morgan fingerprint density at radius 2 is 1.56 bits per heavy atom. The zero-order valence-corrected chi connectivity index (χ0v) is 20.1. The molecular formula is C28H32Cl2N2. The summed E-state index contributed by atoms with van der Waals surface area (Å²) >= 11 is 13.3. The van der Waals surface area contributed by atoms with Crippen molar-refractivity contribution >= 4 is 34.1 Å². The molecule has 0 unspecified atom stereocenters. The van der Waals surface area contributed by atoms with Crippen LogP contribution in [-0.2, 0) is 11.8 Å². The molecule has 0 spiro atoms. The molecule has 4 bridgehead atoms. The smallest absolute Gasteiger partial charge is 0.0527 e. The molecular weight excluding hydrogens is 435 g/mol. The Kier molecular flexibility index (Phi) is 5.32. The van der Waals surface area contributed by atoms with Gasteiger partial charge in [0.05, 0.1) is 15.7 Å². The number of halogens is 2. The van der Waals surface area contributed by atoms with Gasteiger partial charge in [0.25, 0.3) is 0 Å². The van der Waals surface area contributed by atoms with Crippen molar-refractivity contribution in [3.05, 3.63) is 57.6 Å². The average Bonchev–Trinajstić information content (AvgIpc) is 3.10. The third-order valence-corrected chi connectivity index (χ3v) is 9.28. The third kappa shape index (κ3) is 3.42. The van der Waals surface area contributed by atoms with E-state index >= 15 is 0 Å². The molecule has 3 N–H and O–H groups in total. The summed E-state index contributed by atoms with van der Waals surface area (Å²) in [6, 6.07) is 13.0. The molecule has 4 aliphatic carbocycles. The Balaban J connectivity index is 1.48. The highest BCUT2D eigenvalue weighted by atomic mass is 35.5. The first-order valence-corrected chi connectivity index (χ1v) is 13.1. The van der Waals surface area contributed by atoms with Gasteiger partial charge in [-0.25, -0.2) is 0 Å². The molecule has 1 heterocycles. The number of rotatable bonds is 6. The molecule has 0 radical (unpaired) electrons. The van der Waals surface area contributed by atoms with Crippen LogP contribution in [-0.4, -0.2) is 11.5 Å². The van der Waals surface area contributed by atoms with Gasteiger partial charge in [-0.3, -0.25) is 0 Å². The molecule has 7 rings (SSSR count). The lowest BCUT2D eigenvalue weighted by Gasteiger charge is -2.57. The predicted octanol–water partition coefficient (Wildman–Crippen LogP) is 7.89. The predicted molar refractivity (Wildman–Crippen MR) is 136 cm³/mol. The van der Waals surface area contributed by atoms with Crippen molar-refractivity contribution in [2.45, 2.75) is 63.2 Å². The number of benzene rings is 2. The van der Waals surface area contributed by atoms with Crippen LogP contribution in [0.2, 0.25) is 10.0 Å². The fourth-order valence-corrected chi connectivity index (χ4v) is 8.28. The van der Waals surface area contributed by atoms with Gasteiger partial charge >= 0.3 is 0 Å². The van der Waals surface area contributed by atoms with Crippen molar-refractivity contribution in [2.75, 3.05) is 6.54 Å². The molecule has 4 heteroatoms. The summed E-state index contributed by atoms with van der Waals surface area (Å²) in [5, 5.41) is 2.75. The van der Waals surface area contributed by atoms with Gasteiger partial charge in [0.1, 0.15) is 0 Å². The minimum atomic E-state index is 0.400. The van der Waals surface area contributed by atoms with Gasteiger partial charge in [-0.1, -0.05) is 35.3 Å². The molecule has 3 aromatic rings. The first kappa shape index (κ1) is 21.1. The summed E-state index contributed by atoms with van der Waals surface area (Å²) in [4.78, 5) is 3.69. The zero-order chi connectivity index (χ0) is 21.9. The number of fused-ring (bicyclic) bond motifs is 1. The van der Waals surface area contributed by atoms with Crippen LogP contribution in [0.4, 0.5) is 0 Å². The van der Waals surface area contributed by atoms with Gasteiger partial charge < -0.3 is 10.7 Å². The molecule has 2 aromatic carbocycles. The second kappa shape index (κ2) is 8.08. The Morgan fingerprint density at radius 1 is 0.906 bits per heavy atom. The maximum Gasteiger partial charge on any atom is 0.0527 e. The Labute approximate surface area is 200 Å². The van der Waals surface area contributed by atoms with Gasteiger partial charge in [0.15, 0.2) is 0 Å². The molecule has 0 amide bonds. The first-order chi connectivity index (χ1) is 15.6. The van der Waals surface area contributed by atoms with Crippen LogP contribution in [0.15, 0.2) is 36.4 Å². The summed E-state index contributed by atoms with van der Waals surface area (Å²) in [7, 11) is 0. The first-order valence-electron chi connectivity index (χ1n) is 12.4. The molecule has 4 fully saturated rings. The maximum absolute atomic E-state index is 6.64. The molecule has 32 heavy (non-hydrogen) atoms. The van der Waals surface area contributed by atoms with Crippen LogP contribution in [0.25, 0.3) is 22.2 Å². The Morgan fingerprint density at radius 3 is 2.19 bits per heavy atom. The van der Waals surface area contributed by atoms with E-state index in [4.69, 9.17) is 28.9 Å². The highest BCUT2D eigenvalue weighted by Gasteiger charge is 2.51. The number of hydrogen-bond donors (Lipinski definition) is 2. The van der Waals surface area contributed by atoms with Gasteiger partial charge in [-0.2, -0.15) is 0 Å². The number of unbranched alkanes of at least 4 members (excludes halogenated alkanes) is 1. The zero-order valence-electron chi connectivity index (χ0n) is 18.6. The number of aromatic amines is 1. The second-order valence-electron chi connectivity index (χ2n) is 10.8. The van der Waals surface area contributed by atoms with E-state index in [-0.39, 0.29) is 0 Å². The van der Waals surface area contributed by atoms with E-state index in [9.17, 15) is 0 Å². The third-order valence-electron chi connectivity index (χ3n) is 8.65. The van der Waals surface area contributed by atoms with Gasteiger partial charge in [-0.05, 0) is 123 Å². The van der Waals surface area contributed by atoms with E-state index in [1.807, 2.05) is 18.2 Å². The van der Waals surface area contributed by atoms with E-state index in [0.717, 1.165) is 54.8 Å². The van der Waals surface area contributed by atoms with E-state index in [2.05, 4.69) is 23.2 Å². The standard InChI is InChI=1S/C28H32Cl2N2/c29-23-5-3-6-24(30)26(23)27-21(4-1-2-9-31)22-13-20(7-8-25(22)32-27)28-14-17-10-18(15-28)12-19(11-17)16-28/h3,5-8,13,17-19,32H,1-2,4,9-12,14-16,31H2. The summed E-state index contributed by atoms with van der Waals surface area (Å²) in [6.07, 6.45) is 11.7. The van der Waals surface area contributed by atoms with Crippen molar-refractivity contribution in [3.63, 3.8) is 0 Å². The highest BCUT2D eigenvalue weighted by Crippen LogP contribution is 2.61. The summed E-state index contributed by atoms with van der Waals surface area (Å²) in [5.74, 6) is 2.85. The monoisotopic (exact) mass is 466 g/mol. The maximum atomic E-state index is 6.64. The van der Waals surface area contributed by atoms with Crippen molar-refractivity contribution in [2.24, 2.45) is 23.5 Å². The van der Waals surface area contributed by atoms with Gasteiger partial charge in [-0.15, -0.1) is 0 Å². The Hall–Kier alpha value is -1.48. The van der Waals surface area contributed by atoms with Crippen LogP contribution in [0.1, 0.15) is 62.5 Å². The summed E-state index contributed by atoms with van der Waals surface area (Å²) in [5.41, 5.74) is 12.3. The molecule has 0 saturated heterocycles. The molecule has 2 nitrogen and oxygen atoms in total. The van der Waals surface area contributed by atoms with Crippen molar-refractivity contribution in [1.82, 2.24) is 4.98 Å².